The van der Waals surface area contributed by atoms with Gasteiger partial charge in [-0.3, -0.25) is 9.69 Å². The van der Waals surface area contributed by atoms with E-state index in [1.54, 1.807) is 0 Å². The van der Waals surface area contributed by atoms with Crippen molar-refractivity contribution in [2.45, 2.75) is 32.2 Å². The van der Waals surface area contributed by atoms with E-state index < -0.39 is 0 Å². The highest BCUT2D eigenvalue weighted by Gasteiger charge is 2.22. The van der Waals surface area contributed by atoms with Gasteiger partial charge in [0.1, 0.15) is 0 Å². The van der Waals surface area contributed by atoms with E-state index in [0.717, 1.165) is 32.7 Å². The van der Waals surface area contributed by atoms with Gasteiger partial charge in [-0.1, -0.05) is 0 Å². The van der Waals surface area contributed by atoms with Gasteiger partial charge in [0.15, 0.2) is 0 Å². The van der Waals surface area contributed by atoms with Crippen LogP contribution in [0, 0.1) is 0 Å². The molecule has 0 aliphatic carbocycles. The van der Waals surface area contributed by atoms with Gasteiger partial charge in [-0.05, 0) is 26.2 Å². The van der Waals surface area contributed by atoms with Crippen molar-refractivity contribution in [2.24, 2.45) is 0 Å². The number of likely N-dealkylation sites (tertiary alicyclic amines) is 1. The van der Waals surface area contributed by atoms with Crippen molar-refractivity contribution in [1.82, 2.24) is 15.1 Å². The number of rotatable bonds is 2. The highest BCUT2D eigenvalue weighted by atomic mass is 35.5. The number of halogens is 1. The molecular formula is C12H24ClN3O. The van der Waals surface area contributed by atoms with E-state index in [1.165, 1.54) is 19.3 Å². The number of carbonyl (C=O) groups is 1. The lowest BCUT2D eigenvalue weighted by Crippen LogP contribution is -2.52. The third-order valence-corrected chi connectivity index (χ3v) is 3.52. The molecule has 2 fully saturated rings. The van der Waals surface area contributed by atoms with E-state index in [9.17, 15) is 4.79 Å². The predicted octanol–water partition coefficient (Wildman–Crippen LogP) is 0.714. The first kappa shape index (κ1) is 14.7. The molecule has 4 nitrogen and oxygen atoms in total. The fourth-order valence-electron chi connectivity index (χ4n) is 2.59. The summed E-state index contributed by atoms with van der Waals surface area (Å²) >= 11 is 0. The molecule has 5 heteroatoms. The van der Waals surface area contributed by atoms with E-state index >= 15 is 0 Å². The van der Waals surface area contributed by atoms with Crippen LogP contribution in [0.25, 0.3) is 0 Å². The number of nitrogens with zero attached hydrogens (tertiary/aromatic N) is 2. The average Bonchev–Trinajstić information content (AvgIpc) is 2.30. The molecule has 17 heavy (non-hydrogen) atoms. The zero-order valence-electron chi connectivity index (χ0n) is 10.7. The highest BCUT2D eigenvalue weighted by molar-refractivity contribution is 5.85. The Hall–Kier alpha value is -0.320. The summed E-state index contributed by atoms with van der Waals surface area (Å²) in [4.78, 5) is 16.4. The van der Waals surface area contributed by atoms with Crippen molar-refractivity contribution >= 4 is 18.3 Å². The van der Waals surface area contributed by atoms with Gasteiger partial charge in [0.05, 0.1) is 6.54 Å². The van der Waals surface area contributed by atoms with Gasteiger partial charge in [-0.15, -0.1) is 12.4 Å². The largest absolute Gasteiger partial charge is 0.342 e. The fourth-order valence-corrected chi connectivity index (χ4v) is 2.59. The monoisotopic (exact) mass is 261 g/mol. The van der Waals surface area contributed by atoms with Crippen LogP contribution in [0.5, 0.6) is 0 Å². The second-order valence-electron chi connectivity index (χ2n) is 5.03. The first-order valence-corrected chi connectivity index (χ1v) is 6.49. The minimum atomic E-state index is 0. The molecule has 0 aromatic heterocycles. The normalized spacial score (nSPS) is 26.4. The molecule has 0 saturated carbocycles. The summed E-state index contributed by atoms with van der Waals surface area (Å²) in [5.41, 5.74) is 0. The van der Waals surface area contributed by atoms with Crippen LogP contribution in [0.2, 0.25) is 0 Å². The van der Waals surface area contributed by atoms with E-state index in [4.69, 9.17) is 0 Å². The Labute approximate surface area is 110 Å². The van der Waals surface area contributed by atoms with E-state index in [-0.39, 0.29) is 12.4 Å². The minimum Gasteiger partial charge on any atom is -0.342 e. The van der Waals surface area contributed by atoms with Crippen LogP contribution >= 0.6 is 12.4 Å². The summed E-state index contributed by atoms with van der Waals surface area (Å²) in [5.74, 6) is 0.328. The molecule has 2 rings (SSSR count). The van der Waals surface area contributed by atoms with Crippen LogP contribution in [0.3, 0.4) is 0 Å². The second kappa shape index (κ2) is 7.19. The molecule has 1 amide bonds. The van der Waals surface area contributed by atoms with E-state index in [1.807, 2.05) is 4.90 Å². The molecule has 2 saturated heterocycles. The standard InChI is InChI=1S/C12H23N3O.ClH/c1-11-9-14(8-5-13-11)10-12(16)15-6-3-2-4-7-15;/h11,13H,2-10H2,1H3;1H. The van der Waals surface area contributed by atoms with Crippen molar-refractivity contribution < 1.29 is 4.79 Å². The van der Waals surface area contributed by atoms with E-state index in [0.29, 0.717) is 18.5 Å². The Morgan fingerprint density at radius 1 is 1.24 bits per heavy atom. The molecule has 0 spiro atoms. The van der Waals surface area contributed by atoms with Crippen molar-refractivity contribution in [2.75, 3.05) is 39.3 Å². The van der Waals surface area contributed by atoms with Gasteiger partial charge in [-0.25, -0.2) is 0 Å². The fraction of sp³-hybridized carbons (Fsp3) is 0.917. The van der Waals surface area contributed by atoms with Crippen molar-refractivity contribution in [1.29, 1.82) is 0 Å². The molecule has 1 unspecified atom stereocenters. The molecule has 1 atom stereocenters. The lowest BCUT2D eigenvalue weighted by molar-refractivity contribution is -0.133. The summed E-state index contributed by atoms with van der Waals surface area (Å²) in [6, 6.07) is 0.517. The summed E-state index contributed by atoms with van der Waals surface area (Å²) in [6.45, 7) is 7.75. The minimum absolute atomic E-state index is 0. The van der Waals surface area contributed by atoms with Gasteiger partial charge >= 0.3 is 0 Å². The Balaban J connectivity index is 0.00000144. The van der Waals surface area contributed by atoms with Crippen molar-refractivity contribution in [3.8, 4) is 0 Å². The topological polar surface area (TPSA) is 35.6 Å². The van der Waals surface area contributed by atoms with Gasteiger partial charge in [0.25, 0.3) is 0 Å². The zero-order valence-corrected chi connectivity index (χ0v) is 11.5. The van der Waals surface area contributed by atoms with Gasteiger partial charge in [0.2, 0.25) is 5.91 Å². The predicted molar refractivity (Wildman–Crippen MR) is 71.6 cm³/mol. The number of nitrogens with one attached hydrogen (secondary N) is 1. The summed E-state index contributed by atoms with van der Waals surface area (Å²) < 4.78 is 0. The number of hydrogen-bond acceptors (Lipinski definition) is 3. The highest BCUT2D eigenvalue weighted by Crippen LogP contribution is 2.09. The Bertz CT molecular complexity index is 244. The van der Waals surface area contributed by atoms with Crippen LogP contribution in [0.1, 0.15) is 26.2 Å². The molecule has 0 radical (unpaired) electrons. The van der Waals surface area contributed by atoms with Crippen LogP contribution in [0.4, 0.5) is 0 Å². The van der Waals surface area contributed by atoms with Crippen LogP contribution in [-0.2, 0) is 4.79 Å². The van der Waals surface area contributed by atoms with Crippen molar-refractivity contribution in [3.05, 3.63) is 0 Å². The number of piperidine rings is 1. The van der Waals surface area contributed by atoms with E-state index in [2.05, 4.69) is 17.1 Å². The summed E-state index contributed by atoms with van der Waals surface area (Å²) in [5, 5.41) is 3.40. The number of piperazine rings is 1. The molecule has 0 aromatic carbocycles. The number of hydrogen-bond donors (Lipinski definition) is 1. The maximum Gasteiger partial charge on any atom is 0.236 e. The lowest BCUT2D eigenvalue weighted by atomic mass is 10.1. The maximum atomic E-state index is 12.0. The van der Waals surface area contributed by atoms with Gasteiger partial charge in [-0.2, -0.15) is 0 Å². The molecule has 100 valence electrons. The number of carbonyl (C=O) groups excluding carboxylic acids is 1. The Morgan fingerprint density at radius 3 is 2.59 bits per heavy atom. The SMILES string of the molecule is CC1CN(CC(=O)N2CCCCC2)CCN1.Cl. The molecule has 2 heterocycles. The molecule has 0 aromatic rings. The Kier molecular flexibility index (Phi) is 6.23. The maximum absolute atomic E-state index is 12.0. The third-order valence-electron chi connectivity index (χ3n) is 3.52. The van der Waals surface area contributed by atoms with Crippen LogP contribution in [-0.4, -0.2) is 61.0 Å². The number of amides is 1. The average molecular weight is 262 g/mol. The molecule has 2 aliphatic rings. The smallest absolute Gasteiger partial charge is 0.236 e. The summed E-state index contributed by atoms with van der Waals surface area (Å²) in [6.07, 6.45) is 3.65. The first-order chi connectivity index (χ1) is 7.75. The molecule has 1 N–H and O–H groups in total. The quantitative estimate of drug-likeness (QED) is 0.796. The third kappa shape index (κ3) is 4.45. The second-order valence-corrected chi connectivity index (χ2v) is 5.03. The first-order valence-electron chi connectivity index (χ1n) is 6.49. The molecule has 2 aliphatic heterocycles. The van der Waals surface area contributed by atoms with Crippen molar-refractivity contribution in [3.63, 3.8) is 0 Å². The Morgan fingerprint density at radius 2 is 1.94 bits per heavy atom. The van der Waals surface area contributed by atoms with Gasteiger partial charge < -0.3 is 10.2 Å². The van der Waals surface area contributed by atoms with Crippen LogP contribution < -0.4 is 5.32 Å². The van der Waals surface area contributed by atoms with Crippen LogP contribution in [0.15, 0.2) is 0 Å². The van der Waals surface area contributed by atoms with Gasteiger partial charge in [0, 0.05) is 38.8 Å². The summed E-state index contributed by atoms with van der Waals surface area (Å²) in [7, 11) is 0. The lowest BCUT2D eigenvalue weighted by Gasteiger charge is -2.34. The molecule has 0 bridgehead atoms. The molecular weight excluding hydrogens is 238 g/mol. The zero-order chi connectivity index (χ0) is 11.4.